The molecule has 1 saturated heterocycles. The molecule has 2 aliphatic carbocycles. The summed E-state index contributed by atoms with van der Waals surface area (Å²) in [4.78, 5) is 17.6. The summed E-state index contributed by atoms with van der Waals surface area (Å²) >= 11 is 0. The Bertz CT molecular complexity index is 1180. The molecule has 2 aliphatic heterocycles. The number of likely N-dealkylation sites (N-methyl/N-ethyl adjacent to an activating group) is 1. The molecule has 0 radical (unpaired) electrons. The predicted octanol–water partition coefficient (Wildman–Crippen LogP) is 3.58. The van der Waals surface area contributed by atoms with E-state index in [0.29, 0.717) is 25.0 Å². The van der Waals surface area contributed by atoms with Gasteiger partial charge in [-0.1, -0.05) is 42.5 Å². The van der Waals surface area contributed by atoms with E-state index >= 15 is 0 Å². The van der Waals surface area contributed by atoms with Gasteiger partial charge in [0.15, 0.2) is 11.5 Å². The number of rotatable bonds is 7. The first-order valence-electron chi connectivity index (χ1n) is 13.3. The Kier molecular flexibility index (Phi) is 5.65. The zero-order valence-electron chi connectivity index (χ0n) is 21.0. The first-order valence-corrected chi connectivity index (χ1v) is 13.3. The van der Waals surface area contributed by atoms with Crippen molar-refractivity contribution in [2.75, 3.05) is 20.1 Å². The fraction of sp³-hybridized carbons (Fsp3) is 0.500. The van der Waals surface area contributed by atoms with Crippen molar-refractivity contribution in [3.8, 4) is 11.5 Å². The Morgan fingerprint density at radius 2 is 2.06 bits per heavy atom. The number of carbonyl (C=O) groups excluding carboxylic acids is 1. The number of likely N-dealkylation sites (tertiary alicyclic amines) is 1. The summed E-state index contributed by atoms with van der Waals surface area (Å²) in [5.41, 5.74) is 1.77. The van der Waals surface area contributed by atoms with Crippen LogP contribution < -0.4 is 4.74 Å². The van der Waals surface area contributed by atoms with Gasteiger partial charge in [0.05, 0.1) is 17.1 Å². The number of hydrogen-bond acceptors (Lipinski definition) is 5. The van der Waals surface area contributed by atoms with Crippen molar-refractivity contribution in [1.29, 1.82) is 0 Å². The van der Waals surface area contributed by atoms with Crippen LogP contribution in [0, 0.1) is 0 Å². The van der Waals surface area contributed by atoms with Crippen molar-refractivity contribution < 1.29 is 19.7 Å². The molecule has 0 unspecified atom stereocenters. The van der Waals surface area contributed by atoms with Crippen LogP contribution in [0.3, 0.4) is 0 Å². The van der Waals surface area contributed by atoms with E-state index in [9.17, 15) is 15.0 Å². The highest BCUT2D eigenvalue weighted by atomic mass is 16.5. The maximum absolute atomic E-state index is 13.4. The molecule has 6 nitrogen and oxygen atoms in total. The number of benzene rings is 2. The van der Waals surface area contributed by atoms with Crippen LogP contribution in [0.25, 0.3) is 0 Å². The molecule has 1 spiro atoms. The van der Waals surface area contributed by atoms with Crippen molar-refractivity contribution in [2.45, 2.75) is 74.1 Å². The number of phenolic OH excluding ortho intramolecular Hbond substituents is 1. The van der Waals surface area contributed by atoms with E-state index in [0.717, 1.165) is 49.9 Å². The zero-order chi connectivity index (χ0) is 25.1. The van der Waals surface area contributed by atoms with E-state index in [1.165, 1.54) is 5.56 Å². The monoisotopic (exact) mass is 488 g/mol. The summed E-state index contributed by atoms with van der Waals surface area (Å²) in [5, 5.41) is 23.2. The van der Waals surface area contributed by atoms with Gasteiger partial charge in [0.1, 0.15) is 6.10 Å². The van der Waals surface area contributed by atoms with Crippen LogP contribution in [-0.4, -0.2) is 69.8 Å². The van der Waals surface area contributed by atoms with Crippen molar-refractivity contribution in [3.63, 3.8) is 0 Å². The molecule has 1 amide bonds. The van der Waals surface area contributed by atoms with Crippen LogP contribution in [-0.2, 0) is 23.1 Å². The van der Waals surface area contributed by atoms with Crippen molar-refractivity contribution in [3.05, 3.63) is 71.8 Å². The third-order valence-corrected chi connectivity index (χ3v) is 9.50. The minimum Gasteiger partial charge on any atom is -0.504 e. The number of carbonyl (C=O) groups is 1. The molecule has 2 fully saturated rings. The zero-order valence-corrected chi connectivity index (χ0v) is 21.0. The highest BCUT2D eigenvalue weighted by Gasteiger charge is 2.73. The molecule has 36 heavy (non-hydrogen) atoms. The lowest BCUT2D eigenvalue weighted by atomic mass is 9.48. The van der Waals surface area contributed by atoms with Crippen LogP contribution in [0.2, 0.25) is 0 Å². The van der Waals surface area contributed by atoms with Crippen LogP contribution in [0.15, 0.2) is 55.1 Å². The molecule has 2 aromatic carbocycles. The molecule has 4 aliphatic rings. The normalized spacial score (nSPS) is 31.9. The largest absolute Gasteiger partial charge is 0.504 e. The van der Waals surface area contributed by atoms with Gasteiger partial charge in [0.25, 0.3) is 0 Å². The molecule has 6 heteroatoms. The molecule has 0 aromatic heterocycles. The Labute approximate surface area is 213 Å². The van der Waals surface area contributed by atoms with E-state index in [-0.39, 0.29) is 29.8 Å². The highest BCUT2D eigenvalue weighted by molar-refractivity contribution is 5.76. The number of nitrogens with zero attached hydrogens (tertiary/aromatic N) is 2. The average Bonchev–Trinajstić information content (AvgIpc) is 3.23. The maximum atomic E-state index is 13.4. The highest BCUT2D eigenvalue weighted by Crippen LogP contribution is 2.65. The van der Waals surface area contributed by atoms with E-state index in [1.807, 2.05) is 42.3 Å². The van der Waals surface area contributed by atoms with E-state index in [4.69, 9.17) is 4.74 Å². The molecule has 2 heterocycles. The van der Waals surface area contributed by atoms with Gasteiger partial charge in [0.2, 0.25) is 5.91 Å². The van der Waals surface area contributed by atoms with E-state index < -0.39 is 11.0 Å². The predicted molar refractivity (Wildman–Crippen MR) is 138 cm³/mol. The standard InChI is InChI=1S/C30H36N2O4/c1-3-17-32-18-16-29-26-21-12-13-23(33)27(26)36-28(29)22(14-15-30(29,35)24(32)19-21)31(2)25(34)11-7-10-20-8-5-4-6-9-20/h3-6,8-9,12-13,22,24,28,33,35H,1,7,10-11,14-19H2,2H3/t22-,24-,28+,29+,30-/m1/s1. The van der Waals surface area contributed by atoms with Gasteiger partial charge >= 0.3 is 0 Å². The van der Waals surface area contributed by atoms with Crippen LogP contribution in [0.1, 0.15) is 48.8 Å². The summed E-state index contributed by atoms with van der Waals surface area (Å²) in [6.07, 6.45) is 6.41. The topological polar surface area (TPSA) is 73.2 Å². The van der Waals surface area contributed by atoms with Gasteiger partial charge in [-0.05, 0) is 62.3 Å². The molecular formula is C30H36N2O4. The van der Waals surface area contributed by atoms with Crippen molar-refractivity contribution in [1.82, 2.24) is 9.80 Å². The minimum absolute atomic E-state index is 0.0360. The lowest BCUT2D eigenvalue weighted by Gasteiger charge is -2.64. The van der Waals surface area contributed by atoms with Gasteiger partial charge in [-0.25, -0.2) is 0 Å². The molecule has 6 rings (SSSR count). The number of phenols is 1. The number of aromatic hydroxyl groups is 1. The third-order valence-electron chi connectivity index (χ3n) is 9.50. The number of hydrogen-bond donors (Lipinski definition) is 2. The van der Waals surface area contributed by atoms with Gasteiger partial charge in [-0.15, -0.1) is 6.58 Å². The number of piperidine rings is 1. The van der Waals surface area contributed by atoms with Gasteiger partial charge < -0.3 is 19.8 Å². The third kappa shape index (κ3) is 3.20. The lowest BCUT2D eigenvalue weighted by molar-refractivity contribution is -0.198. The molecular weight excluding hydrogens is 452 g/mol. The SMILES string of the molecule is C=CCN1CC[C@]23c4c5ccc(O)c4O[C@H]2[C@H](N(C)C(=O)CCCc2ccccc2)CC[C@@]3(O)[C@H]1C5. The van der Waals surface area contributed by atoms with Crippen LogP contribution >= 0.6 is 0 Å². The maximum Gasteiger partial charge on any atom is 0.222 e. The number of ether oxygens (including phenoxy) is 1. The van der Waals surface area contributed by atoms with Gasteiger partial charge in [-0.2, -0.15) is 0 Å². The molecule has 190 valence electrons. The lowest BCUT2D eigenvalue weighted by Crippen LogP contribution is -2.78. The average molecular weight is 489 g/mol. The second-order valence-corrected chi connectivity index (χ2v) is 11.1. The summed E-state index contributed by atoms with van der Waals surface area (Å²) < 4.78 is 6.58. The smallest absolute Gasteiger partial charge is 0.222 e. The molecule has 2 aromatic rings. The van der Waals surface area contributed by atoms with Gasteiger partial charge in [-0.3, -0.25) is 9.69 Å². The molecule has 5 atom stereocenters. The quantitative estimate of drug-likeness (QED) is 0.583. The molecule has 1 saturated carbocycles. The second kappa shape index (κ2) is 8.63. The van der Waals surface area contributed by atoms with Crippen LogP contribution in [0.4, 0.5) is 0 Å². The number of aliphatic hydroxyl groups is 1. The van der Waals surface area contributed by atoms with Gasteiger partial charge in [0, 0.05) is 31.6 Å². The Balaban J connectivity index is 1.30. The first-order chi connectivity index (χ1) is 17.4. The van der Waals surface area contributed by atoms with Crippen molar-refractivity contribution >= 4 is 5.91 Å². The molecule has 2 bridgehead atoms. The van der Waals surface area contributed by atoms with E-state index in [1.54, 1.807) is 6.07 Å². The fourth-order valence-electron chi connectivity index (χ4n) is 7.84. The second-order valence-electron chi connectivity index (χ2n) is 11.1. The van der Waals surface area contributed by atoms with Crippen LogP contribution in [0.5, 0.6) is 11.5 Å². The summed E-state index contributed by atoms with van der Waals surface area (Å²) in [6.45, 7) is 5.50. The Morgan fingerprint density at radius 3 is 2.83 bits per heavy atom. The summed E-state index contributed by atoms with van der Waals surface area (Å²) in [6, 6.07) is 13.8. The number of amides is 1. The number of aryl methyl sites for hydroxylation is 1. The summed E-state index contributed by atoms with van der Waals surface area (Å²) in [7, 11) is 1.89. The van der Waals surface area contributed by atoms with Crippen molar-refractivity contribution in [2.24, 2.45) is 0 Å². The Morgan fingerprint density at radius 1 is 1.25 bits per heavy atom. The first kappa shape index (κ1) is 23.6. The Hall–Kier alpha value is -2.83. The van der Waals surface area contributed by atoms with E-state index in [2.05, 4.69) is 23.6 Å². The summed E-state index contributed by atoms with van der Waals surface area (Å²) in [5.74, 6) is 0.754. The molecule has 2 N–H and O–H groups in total. The fourth-order valence-corrected chi connectivity index (χ4v) is 7.84. The minimum atomic E-state index is -0.974.